The van der Waals surface area contributed by atoms with Crippen LogP contribution in [-0.2, 0) is 17.8 Å². The van der Waals surface area contributed by atoms with Gasteiger partial charge in [0, 0.05) is 30.0 Å². The SMILES string of the molecule is Cc1nccn1-c1ccc(CNC(=O)Cc2ccc(NC(=O)c3cc4ccccc4o3)cc2)cc1F. The first-order valence-corrected chi connectivity index (χ1v) is 11.4. The Kier molecular flexibility index (Phi) is 6.32. The molecule has 0 bridgehead atoms. The van der Waals surface area contributed by atoms with Gasteiger partial charge in [-0.05, 0) is 54.4 Å². The van der Waals surface area contributed by atoms with Crippen LogP contribution in [-0.4, -0.2) is 21.4 Å². The van der Waals surface area contributed by atoms with E-state index in [1.54, 1.807) is 72.4 Å². The minimum Gasteiger partial charge on any atom is -0.451 e. The topological polar surface area (TPSA) is 89.2 Å². The number of rotatable bonds is 7. The highest BCUT2D eigenvalue weighted by molar-refractivity contribution is 6.04. The maximum Gasteiger partial charge on any atom is 0.291 e. The molecular weight excluding hydrogens is 459 g/mol. The number of fused-ring (bicyclic) bond motifs is 1. The number of imidazole rings is 1. The number of anilines is 1. The molecule has 36 heavy (non-hydrogen) atoms. The Hall–Kier alpha value is -4.72. The van der Waals surface area contributed by atoms with E-state index in [0.29, 0.717) is 28.3 Å². The first kappa shape index (κ1) is 23.0. The minimum absolute atomic E-state index is 0.159. The van der Waals surface area contributed by atoms with E-state index in [2.05, 4.69) is 15.6 Å². The fourth-order valence-electron chi connectivity index (χ4n) is 3.93. The second-order valence-electron chi connectivity index (χ2n) is 8.38. The van der Waals surface area contributed by atoms with Crippen LogP contribution in [0.4, 0.5) is 10.1 Å². The highest BCUT2D eigenvalue weighted by Crippen LogP contribution is 2.20. The minimum atomic E-state index is -0.386. The Morgan fingerprint density at radius 2 is 1.78 bits per heavy atom. The molecule has 7 nitrogen and oxygen atoms in total. The standard InChI is InChI=1S/C28H23FN4O3/c1-18-30-12-13-33(18)24-11-8-20(14-23(24)29)17-31-27(34)15-19-6-9-22(10-7-19)32-28(35)26-16-21-4-2-3-5-25(21)36-26/h2-14,16H,15,17H2,1H3,(H,31,34)(H,32,35). The van der Waals surface area contributed by atoms with Crippen molar-refractivity contribution in [3.05, 3.63) is 114 Å². The molecule has 0 atom stereocenters. The lowest BCUT2D eigenvalue weighted by atomic mass is 10.1. The molecule has 0 aliphatic rings. The van der Waals surface area contributed by atoms with Crippen molar-refractivity contribution in [3.63, 3.8) is 0 Å². The summed E-state index contributed by atoms with van der Waals surface area (Å²) in [4.78, 5) is 29.0. The number of hydrogen-bond acceptors (Lipinski definition) is 4. The maximum atomic E-state index is 14.6. The van der Waals surface area contributed by atoms with Crippen LogP contribution in [0, 0.1) is 12.7 Å². The summed E-state index contributed by atoms with van der Waals surface area (Å²) in [6, 6.07) is 21.0. The molecule has 0 radical (unpaired) electrons. The predicted molar refractivity (Wildman–Crippen MR) is 134 cm³/mol. The van der Waals surface area contributed by atoms with Crippen LogP contribution in [0.15, 0.2) is 89.6 Å². The number of amides is 2. The Morgan fingerprint density at radius 3 is 2.50 bits per heavy atom. The van der Waals surface area contributed by atoms with Gasteiger partial charge in [0.15, 0.2) is 5.76 Å². The van der Waals surface area contributed by atoms with E-state index < -0.39 is 0 Å². The first-order chi connectivity index (χ1) is 17.5. The fourth-order valence-corrected chi connectivity index (χ4v) is 3.93. The summed E-state index contributed by atoms with van der Waals surface area (Å²) in [5, 5.41) is 6.47. The zero-order valence-electron chi connectivity index (χ0n) is 19.5. The number of furan rings is 1. The number of nitrogens with zero attached hydrogens (tertiary/aromatic N) is 2. The van der Waals surface area contributed by atoms with Crippen LogP contribution >= 0.6 is 0 Å². The van der Waals surface area contributed by atoms with E-state index in [0.717, 1.165) is 10.9 Å². The second-order valence-corrected chi connectivity index (χ2v) is 8.38. The van der Waals surface area contributed by atoms with Crippen molar-refractivity contribution >= 4 is 28.5 Å². The van der Waals surface area contributed by atoms with Crippen molar-refractivity contribution < 1.29 is 18.4 Å². The third kappa shape index (κ3) is 5.02. The summed E-state index contributed by atoms with van der Waals surface area (Å²) in [6.45, 7) is 2.01. The normalized spacial score (nSPS) is 10.9. The molecule has 8 heteroatoms. The van der Waals surface area contributed by atoms with Gasteiger partial charge in [-0.2, -0.15) is 0 Å². The number of carbonyl (C=O) groups excluding carboxylic acids is 2. The monoisotopic (exact) mass is 482 g/mol. The molecule has 0 fully saturated rings. The number of nitrogens with one attached hydrogen (secondary N) is 2. The summed E-state index contributed by atoms with van der Waals surface area (Å²) in [5.74, 6) is -0.00961. The van der Waals surface area contributed by atoms with Crippen molar-refractivity contribution in [2.24, 2.45) is 0 Å². The molecule has 0 aliphatic carbocycles. The molecule has 2 heterocycles. The lowest BCUT2D eigenvalue weighted by molar-refractivity contribution is -0.120. The fraction of sp³-hybridized carbons (Fsp3) is 0.107. The zero-order valence-corrected chi connectivity index (χ0v) is 19.5. The molecule has 2 N–H and O–H groups in total. The van der Waals surface area contributed by atoms with Gasteiger partial charge in [0.25, 0.3) is 5.91 Å². The van der Waals surface area contributed by atoms with Gasteiger partial charge in [0.2, 0.25) is 5.91 Å². The maximum absolute atomic E-state index is 14.6. The Bertz CT molecular complexity index is 1520. The summed E-state index contributed by atoms with van der Waals surface area (Å²) < 4.78 is 21.8. The van der Waals surface area contributed by atoms with Crippen LogP contribution in [0.3, 0.4) is 0 Å². The number of hydrogen-bond donors (Lipinski definition) is 2. The Balaban J connectivity index is 1.14. The van der Waals surface area contributed by atoms with Crippen LogP contribution in [0.1, 0.15) is 27.5 Å². The van der Waals surface area contributed by atoms with Gasteiger partial charge in [0.05, 0.1) is 12.1 Å². The number of halogens is 1. The zero-order chi connectivity index (χ0) is 25.1. The number of aryl methyl sites for hydroxylation is 1. The largest absolute Gasteiger partial charge is 0.451 e. The van der Waals surface area contributed by atoms with Crippen LogP contribution < -0.4 is 10.6 Å². The van der Waals surface area contributed by atoms with Crippen molar-refractivity contribution in [1.29, 1.82) is 0 Å². The van der Waals surface area contributed by atoms with E-state index in [4.69, 9.17) is 4.42 Å². The summed E-state index contributed by atoms with van der Waals surface area (Å²) in [7, 11) is 0. The molecule has 0 saturated carbocycles. The molecular formula is C28H23FN4O3. The third-order valence-electron chi connectivity index (χ3n) is 5.81. The van der Waals surface area contributed by atoms with Gasteiger partial charge in [-0.25, -0.2) is 9.37 Å². The van der Waals surface area contributed by atoms with E-state index in [9.17, 15) is 14.0 Å². The highest BCUT2D eigenvalue weighted by Gasteiger charge is 2.13. The molecule has 180 valence electrons. The van der Waals surface area contributed by atoms with Crippen LogP contribution in [0.2, 0.25) is 0 Å². The van der Waals surface area contributed by atoms with E-state index >= 15 is 0 Å². The molecule has 0 aliphatic heterocycles. The molecule has 5 aromatic rings. The van der Waals surface area contributed by atoms with Crippen molar-refractivity contribution in [2.45, 2.75) is 19.9 Å². The van der Waals surface area contributed by atoms with Gasteiger partial charge in [-0.1, -0.05) is 36.4 Å². The van der Waals surface area contributed by atoms with Gasteiger partial charge < -0.3 is 19.6 Å². The van der Waals surface area contributed by atoms with Crippen molar-refractivity contribution in [1.82, 2.24) is 14.9 Å². The van der Waals surface area contributed by atoms with E-state index in [-0.39, 0.29) is 36.4 Å². The number of benzene rings is 3. The van der Waals surface area contributed by atoms with Gasteiger partial charge in [0.1, 0.15) is 17.2 Å². The molecule has 2 amide bonds. The third-order valence-corrected chi connectivity index (χ3v) is 5.81. The van der Waals surface area contributed by atoms with Crippen LogP contribution in [0.5, 0.6) is 0 Å². The summed E-state index contributed by atoms with van der Waals surface area (Å²) >= 11 is 0. The molecule has 0 unspecified atom stereocenters. The predicted octanol–water partition coefficient (Wildman–Crippen LogP) is 5.18. The molecule has 2 aromatic heterocycles. The van der Waals surface area contributed by atoms with Crippen molar-refractivity contribution in [2.75, 3.05) is 5.32 Å². The highest BCUT2D eigenvalue weighted by atomic mass is 19.1. The lowest BCUT2D eigenvalue weighted by Crippen LogP contribution is -2.24. The first-order valence-electron chi connectivity index (χ1n) is 11.4. The number of para-hydroxylation sites is 1. The van der Waals surface area contributed by atoms with Gasteiger partial charge in [-0.3, -0.25) is 9.59 Å². The number of carbonyl (C=O) groups is 2. The van der Waals surface area contributed by atoms with Crippen molar-refractivity contribution in [3.8, 4) is 5.69 Å². The van der Waals surface area contributed by atoms with Gasteiger partial charge >= 0.3 is 0 Å². The van der Waals surface area contributed by atoms with E-state index in [1.165, 1.54) is 6.07 Å². The molecule has 0 saturated heterocycles. The average molecular weight is 483 g/mol. The lowest BCUT2D eigenvalue weighted by Gasteiger charge is -2.10. The summed E-state index contributed by atoms with van der Waals surface area (Å²) in [6.07, 6.45) is 3.47. The van der Waals surface area contributed by atoms with Crippen LogP contribution in [0.25, 0.3) is 16.7 Å². The number of aromatic nitrogens is 2. The average Bonchev–Trinajstić information content (AvgIpc) is 3.50. The smallest absolute Gasteiger partial charge is 0.291 e. The van der Waals surface area contributed by atoms with E-state index in [1.807, 2.05) is 18.2 Å². The summed E-state index contributed by atoms with van der Waals surface area (Å²) in [5.41, 5.74) is 3.09. The molecule has 3 aromatic carbocycles. The Morgan fingerprint density at radius 1 is 1.00 bits per heavy atom. The molecule has 0 spiro atoms. The second kappa shape index (κ2) is 9.87. The Labute approximate surface area is 206 Å². The molecule has 5 rings (SSSR count). The quantitative estimate of drug-likeness (QED) is 0.335. The van der Waals surface area contributed by atoms with Gasteiger partial charge in [-0.15, -0.1) is 0 Å².